The van der Waals surface area contributed by atoms with Crippen LogP contribution >= 0.6 is 34.7 Å². The number of aromatic nitrogens is 1. The summed E-state index contributed by atoms with van der Waals surface area (Å²) in [5.41, 5.74) is 1.88. The summed E-state index contributed by atoms with van der Waals surface area (Å²) in [7, 11) is 1.58. The second-order valence-electron chi connectivity index (χ2n) is 11.3. The standard InChI is InChI=1S/C30H27ClN2O7S2/c1-39-19-10-14(5-6-18(19)40-12-13-3-2-4-15(31)9-13)21-22-16-11-17(25(22)41-27-26(21)42-30(38)32-27)24-23(16)28(36)33(29(24)37)8-7-20(34)35/h2-6,9-10,16-17,21-25H,7-8,11-12H2,1H3,(H,32,38)(H,34,35)/t16?,17?,21-,22?,23?,24?,25?/m1/s1. The van der Waals surface area contributed by atoms with Crippen molar-refractivity contribution >= 4 is 52.5 Å². The van der Waals surface area contributed by atoms with Gasteiger partial charge in [-0.2, -0.15) is 0 Å². The van der Waals surface area contributed by atoms with Crippen LogP contribution in [0, 0.1) is 29.6 Å². The molecule has 1 aromatic heterocycles. The number of fused-ring (bicyclic) bond motifs is 9. The number of rotatable bonds is 8. The number of aromatic amines is 1. The van der Waals surface area contributed by atoms with Crippen LogP contribution in [-0.2, 0) is 21.0 Å². The number of hydrogen-bond donors (Lipinski definition) is 2. The van der Waals surface area contributed by atoms with E-state index < -0.39 is 17.8 Å². The highest BCUT2D eigenvalue weighted by molar-refractivity contribution is 8.00. The molecule has 1 saturated heterocycles. The normalized spacial score (nSPS) is 28.9. The summed E-state index contributed by atoms with van der Waals surface area (Å²) in [6.45, 7) is 0.214. The van der Waals surface area contributed by atoms with E-state index in [1.807, 2.05) is 36.4 Å². The van der Waals surface area contributed by atoms with E-state index in [1.165, 1.54) is 16.2 Å². The molecular formula is C30H27ClN2O7S2. The van der Waals surface area contributed by atoms with Gasteiger partial charge in [0.2, 0.25) is 11.8 Å². The van der Waals surface area contributed by atoms with Crippen LogP contribution < -0.4 is 14.3 Å². The summed E-state index contributed by atoms with van der Waals surface area (Å²) in [4.78, 5) is 55.6. The molecular weight excluding hydrogens is 600 g/mol. The number of aliphatic carboxylic acids is 1. The summed E-state index contributed by atoms with van der Waals surface area (Å²) < 4.78 is 11.8. The molecule has 42 heavy (non-hydrogen) atoms. The topological polar surface area (TPSA) is 126 Å². The zero-order valence-corrected chi connectivity index (χ0v) is 24.8. The summed E-state index contributed by atoms with van der Waals surface area (Å²) in [6, 6.07) is 13.3. The van der Waals surface area contributed by atoms with Crippen molar-refractivity contribution < 1.29 is 29.0 Å². The quantitative estimate of drug-likeness (QED) is 0.347. The van der Waals surface area contributed by atoms with Crippen molar-refractivity contribution in [3.63, 3.8) is 0 Å². The van der Waals surface area contributed by atoms with Crippen molar-refractivity contribution in [1.29, 1.82) is 0 Å². The number of nitrogens with one attached hydrogen (secondary N) is 1. The molecule has 3 aromatic rings. The van der Waals surface area contributed by atoms with Crippen molar-refractivity contribution in [2.75, 3.05) is 13.7 Å². The Balaban J connectivity index is 1.22. The van der Waals surface area contributed by atoms with Crippen molar-refractivity contribution in [3.05, 3.63) is 73.2 Å². The molecule has 7 rings (SSSR count). The maximum atomic E-state index is 13.5. The van der Waals surface area contributed by atoms with Gasteiger partial charge in [0, 0.05) is 27.6 Å². The number of imide groups is 1. The van der Waals surface area contributed by atoms with Gasteiger partial charge in [-0.3, -0.25) is 24.1 Å². The molecule has 2 amide bonds. The molecule has 9 nitrogen and oxygen atoms in total. The van der Waals surface area contributed by atoms with E-state index in [4.69, 9.17) is 26.2 Å². The third kappa shape index (κ3) is 4.36. The van der Waals surface area contributed by atoms with Gasteiger partial charge in [0.1, 0.15) is 6.61 Å². The zero-order valence-electron chi connectivity index (χ0n) is 22.4. The van der Waals surface area contributed by atoms with Crippen LogP contribution in [0.5, 0.6) is 11.5 Å². The minimum absolute atomic E-state index is 0.0254. The second-order valence-corrected chi connectivity index (χ2v) is 13.9. The SMILES string of the molecule is COc1cc([C@H]2c3sc(=O)[nH]c3SC3C4CC(C5C(=O)N(CCC(=O)O)C(=O)C45)C32)ccc1OCc1cccc(Cl)c1. The molecule has 7 atom stereocenters. The van der Waals surface area contributed by atoms with Crippen LogP contribution in [0.25, 0.3) is 0 Å². The average Bonchev–Trinajstić information content (AvgIpc) is 3.69. The Morgan fingerprint density at radius 2 is 1.88 bits per heavy atom. The fourth-order valence-corrected chi connectivity index (χ4v) is 10.8. The number of H-pyrrole nitrogens is 1. The van der Waals surface area contributed by atoms with Gasteiger partial charge in [-0.15, -0.1) is 11.8 Å². The molecule has 6 unspecified atom stereocenters. The number of carbonyl (C=O) groups is 3. The van der Waals surface area contributed by atoms with E-state index >= 15 is 0 Å². The van der Waals surface area contributed by atoms with E-state index in [0.717, 1.165) is 27.5 Å². The van der Waals surface area contributed by atoms with Gasteiger partial charge in [0.15, 0.2) is 11.5 Å². The number of halogens is 1. The first-order valence-electron chi connectivity index (χ1n) is 13.8. The number of likely N-dealkylation sites (tertiary alicyclic amines) is 1. The number of benzene rings is 2. The molecule has 0 radical (unpaired) electrons. The van der Waals surface area contributed by atoms with E-state index in [2.05, 4.69) is 4.98 Å². The van der Waals surface area contributed by atoms with Gasteiger partial charge in [-0.05, 0) is 59.6 Å². The van der Waals surface area contributed by atoms with Crippen LogP contribution in [0.2, 0.25) is 5.02 Å². The molecule has 4 aliphatic rings. The summed E-state index contributed by atoms with van der Waals surface area (Å²) in [5, 5.41) is 10.6. The van der Waals surface area contributed by atoms with Gasteiger partial charge in [-0.25, -0.2) is 0 Å². The Morgan fingerprint density at radius 1 is 1.10 bits per heavy atom. The predicted octanol–water partition coefficient (Wildman–Crippen LogP) is 4.63. The van der Waals surface area contributed by atoms with Gasteiger partial charge >= 0.3 is 10.8 Å². The van der Waals surface area contributed by atoms with Crippen LogP contribution in [-0.4, -0.2) is 51.7 Å². The lowest BCUT2D eigenvalue weighted by molar-refractivity contribution is -0.142. The largest absolute Gasteiger partial charge is 0.493 e. The van der Waals surface area contributed by atoms with Crippen molar-refractivity contribution in [3.8, 4) is 11.5 Å². The zero-order chi connectivity index (χ0) is 29.3. The summed E-state index contributed by atoms with van der Waals surface area (Å²) in [5.74, 6) is -1.52. The van der Waals surface area contributed by atoms with Gasteiger partial charge < -0.3 is 19.6 Å². The first kappa shape index (κ1) is 27.5. The van der Waals surface area contributed by atoms with Gasteiger partial charge in [-0.1, -0.05) is 41.1 Å². The number of carboxylic acid groups (broad SMARTS) is 1. The third-order valence-corrected chi connectivity index (χ3v) is 12.0. The molecule has 2 bridgehead atoms. The van der Waals surface area contributed by atoms with Crippen molar-refractivity contribution in [2.45, 2.75) is 35.6 Å². The fraction of sp³-hybridized carbons (Fsp3) is 0.400. The van der Waals surface area contributed by atoms with Crippen LogP contribution in [0.1, 0.15) is 34.8 Å². The minimum Gasteiger partial charge on any atom is -0.493 e. The Hall–Kier alpha value is -3.28. The number of thioether (sulfide) groups is 1. The van der Waals surface area contributed by atoms with Crippen molar-refractivity contribution in [1.82, 2.24) is 9.88 Å². The highest BCUT2D eigenvalue weighted by Crippen LogP contribution is 2.68. The third-order valence-electron chi connectivity index (χ3n) is 9.19. The number of thiazole rings is 1. The fourth-order valence-electron chi connectivity index (χ4n) is 7.66. The number of methoxy groups -OCH3 is 1. The lowest BCUT2D eigenvalue weighted by Crippen LogP contribution is -2.42. The lowest BCUT2D eigenvalue weighted by atomic mass is 9.68. The molecule has 2 aliphatic heterocycles. The Kier molecular flexibility index (Phi) is 6.86. The van der Waals surface area contributed by atoms with Gasteiger partial charge in [0.05, 0.1) is 30.4 Å². The van der Waals surface area contributed by atoms with E-state index in [-0.39, 0.29) is 58.6 Å². The van der Waals surface area contributed by atoms with Crippen LogP contribution in [0.3, 0.4) is 0 Å². The molecule has 218 valence electrons. The van der Waals surface area contributed by atoms with E-state index in [1.54, 1.807) is 24.9 Å². The smallest absolute Gasteiger partial charge is 0.305 e. The molecule has 3 fully saturated rings. The Labute approximate surface area is 254 Å². The van der Waals surface area contributed by atoms with Crippen LogP contribution in [0.15, 0.2) is 52.3 Å². The molecule has 2 aromatic carbocycles. The second kappa shape index (κ2) is 10.5. The maximum absolute atomic E-state index is 13.5. The number of nitrogens with zero attached hydrogens (tertiary/aromatic N) is 1. The highest BCUT2D eigenvalue weighted by atomic mass is 35.5. The number of ether oxygens (including phenoxy) is 2. The number of amides is 2. The summed E-state index contributed by atoms with van der Waals surface area (Å²) >= 11 is 8.93. The maximum Gasteiger partial charge on any atom is 0.305 e. The summed E-state index contributed by atoms with van der Waals surface area (Å²) in [6.07, 6.45) is 0.496. The number of carboxylic acids is 1. The Bertz CT molecular complexity index is 1670. The molecule has 2 aliphatic carbocycles. The molecule has 3 heterocycles. The first-order valence-corrected chi connectivity index (χ1v) is 15.8. The highest BCUT2D eigenvalue weighted by Gasteiger charge is 2.69. The lowest BCUT2D eigenvalue weighted by Gasteiger charge is -2.43. The van der Waals surface area contributed by atoms with E-state index in [9.17, 15) is 19.2 Å². The number of hydrogen-bond acceptors (Lipinski definition) is 8. The van der Waals surface area contributed by atoms with Crippen molar-refractivity contribution in [2.24, 2.45) is 29.6 Å². The Morgan fingerprint density at radius 3 is 2.62 bits per heavy atom. The van der Waals surface area contributed by atoms with E-state index in [0.29, 0.717) is 23.1 Å². The monoisotopic (exact) mass is 626 g/mol. The average molecular weight is 627 g/mol. The van der Waals surface area contributed by atoms with Gasteiger partial charge in [0.25, 0.3) is 0 Å². The molecule has 0 spiro atoms. The number of carbonyl (C=O) groups excluding carboxylic acids is 2. The molecule has 2 saturated carbocycles. The minimum atomic E-state index is -1.04. The first-order chi connectivity index (χ1) is 20.2. The predicted molar refractivity (Wildman–Crippen MR) is 156 cm³/mol. The van der Waals surface area contributed by atoms with Crippen LogP contribution in [0.4, 0.5) is 0 Å². The molecule has 2 N–H and O–H groups in total. The molecule has 12 heteroatoms.